The molecule has 0 radical (unpaired) electrons. The van der Waals surface area contributed by atoms with Crippen LogP contribution in [0.5, 0.6) is 0 Å². The van der Waals surface area contributed by atoms with Crippen LogP contribution in [0.25, 0.3) is 11.4 Å². The van der Waals surface area contributed by atoms with Crippen molar-refractivity contribution >= 4 is 11.8 Å². The molecule has 0 bridgehead atoms. The normalized spacial score (nSPS) is 10.7. The maximum absolute atomic E-state index is 4.72. The van der Waals surface area contributed by atoms with Gasteiger partial charge < -0.3 is 0 Å². The summed E-state index contributed by atoms with van der Waals surface area (Å²) in [4.78, 5) is 9.30. The first-order chi connectivity index (χ1) is 11.1. The lowest BCUT2D eigenvalue weighted by atomic mass is 10.1. The van der Waals surface area contributed by atoms with Crippen LogP contribution in [0.1, 0.15) is 22.4 Å². The van der Waals surface area contributed by atoms with Gasteiger partial charge in [0.05, 0.1) is 0 Å². The zero-order valence-corrected chi connectivity index (χ0v) is 14.5. The molecule has 2 nitrogen and oxygen atoms in total. The summed E-state index contributed by atoms with van der Waals surface area (Å²) in [6.07, 6.45) is 0. The van der Waals surface area contributed by atoms with E-state index in [0.717, 1.165) is 27.9 Å². The van der Waals surface area contributed by atoms with Crippen molar-refractivity contribution in [2.24, 2.45) is 0 Å². The van der Waals surface area contributed by atoms with E-state index in [1.54, 1.807) is 11.8 Å². The third-order valence-corrected chi connectivity index (χ3v) is 4.59. The molecule has 0 aliphatic rings. The van der Waals surface area contributed by atoms with Crippen LogP contribution in [0.4, 0.5) is 0 Å². The molecule has 0 fully saturated rings. The Morgan fingerprint density at radius 2 is 1.61 bits per heavy atom. The van der Waals surface area contributed by atoms with E-state index in [1.165, 1.54) is 16.7 Å². The first-order valence-corrected chi connectivity index (χ1v) is 8.70. The minimum Gasteiger partial charge on any atom is -0.233 e. The summed E-state index contributed by atoms with van der Waals surface area (Å²) in [5, 5.41) is 1.02. The molecule has 3 aromatic rings. The molecule has 1 heterocycles. The highest BCUT2D eigenvalue weighted by atomic mass is 32.2. The van der Waals surface area contributed by atoms with Crippen LogP contribution < -0.4 is 0 Å². The Kier molecular flexibility index (Phi) is 4.77. The molecule has 0 N–H and O–H groups in total. The fourth-order valence-electron chi connectivity index (χ4n) is 2.40. The Morgan fingerprint density at radius 3 is 2.35 bits per heavy atom. The van der Waals surface area contributed by atoms with Gasteiger partial charge in [0.2, 0.25) is 0 Å². The van der Waals surface area contributed by atoms with Crippen LogP contribution in [-0.4, -0.2) is 9.97 Å². The lowest BCUT2D eigenvalue weighted by Crippen LogP contribution is -1.94. The molecule has 3 heteroatoms. The topological polar surface area (TPSA) is 25.8 Å². The van der Waals surface area contributed by atoms with Gasteiger partial charge in [0.1, 0.15) is 5.03 Å². The second-order valence-electron chi connectivity index (χ2n) is 5.81. The van der Waals surface area contributed by atoms with E-state index in [0.29, 0.717) is 0 Å². The zero-order valence-electron chi connectivity index (χ0n) is 13.7. The van der Waals surface area contributed by atoms with E-state index in [-0.39, 0.29) is 0 Å². The van der Waals surface area contributed by atoms with E-state index in [9.17, 15) is 0 Å². The minimum absolute atomic E-state index is 0.803. The van der Waals surface area contributed by atoms with Crippen molar-refractivity contribution in [3.63, 3.8) is 0 Å². The number of aryl methyl sites for hydroxylation is 3. The van der Waals surface area contributed by atoms with Crippen LogP contribution in [0.2, 0.25) is 0 Å². The summed E-state index contributed by atoms with van der Waals surface area (Å²) in [6, 6.07) is 19.0. The van der Waals surface area contributed by atoms with Crippen LogP contribution in [-0.2, 0) is 5.75 Å². The van der Waals surface area contributed by atoms with Crippen LogP contribution >= 0.6 is 11.8 Å². The SMILES string of the molecule is Cc1ccc(-c2nc(C)cc(SCc3cccc(C)c3)n2)cc1. The van der Waals surface area contributed by atoms with Crippen molar-refractivity contribution < 1.29 is 0 Å². The number of rotatable bonds is 4. The highest BCUT2D eigenvalue weighted by Crippen LogP contribution is 2.25. The molecule has 0 aliphatic carbocycles. The maximum atomic E-state index is 4.72. The molecule has 0 aliphatic heterocycles. The predicted octanol–water partition coefficient (Wildman–Crippen LogP) is 5.36. The lowest BCUT2D eigenvalue weighted by Gasteiger charge is -2.07. The van der Waals surface area contributed by atoms with E-state index in [1.807, 2.05) is 6.92 Å². The fourth-order valence-corrected chi connectivity index (χ4v) is 3.30. The summed E-state index contributed by atoms with van der Waals surface area (Å²) in [6.45, 7) is 6.23. The number of aromatic nitrogens is 2. The van der Waals surface area contributed by atoms with Crippen LogP contribution in [0.15, 0.2) is 59.6 Å². The van der Waals surface area contributed by atoms with E-state index >= 15 is 0 Å². The van der Waals surface area contributed by atoms with Crippen molar-refractivity contribution in [2.45, 2.75) is 31.6 Å². The number of nitrogens with zero attached hydrogens (tertiary/aromatic N) is 2. The monoisotopic (exact) mass is 320 g/mol. The van der Waals surface area contributed by atoms with E-state index < -0.39 is 0 Å². The van der Waals surface area contributed by atoms with Crippen molar-refractivity contribution in [2.75, 3.05) is 0 Å². The van der Waals surface area contributed by atoms with Gasteiger partial charge in [-0.25, -0.2) is 9.97 Å². The number of hydrogen-bond donors (Lipinski definition) is 0. The first-order valence-electron chi connectivity index (χ1n) is 7.71. The van der Waals surface area contributed by atoms with Crippen molar-refractivity contribution in [3.8, 4) is 11.4 Å². The summed E-state index contributed by atoms with van der Waals surface area (Å²) < 4.78 is 0. The van der Waals surface area contributed by atoms with Gasteiger partial charge in [0.25, 0.3) is 0 Å². The summed E-state index contributed by atoms with van der Waals surface area (Å²) in [7, 11) is 0. The second-order valence-corrected chi connectivity index (χ2v) is 6.81. The van der Waals surface area contributed by atoms with Gasteiger partial charge in [0.15, 0.2) is 5.82 Å². The van der Waals surface area contributed by atoms with Gasteiger partial charge >= 0.3 is 0 Å². The fraction of sp³-hybridized carbons (Fsp3) is 0.200. The Bertz CT molecular complexity index is 810. The number of hydrogen-bond acceptors (Lipinski definition) is 3. The molecule has 2 aromatic carbocycles. The second kappa shape index (κ2) is 6.97. The molecule has 23 heavy (non-hydrogen) atoms. The third kappa shape index (κ3) is 4.20. The zero-order chi connectivity index (χ0) is 16.2. The number of benzene rings is 2. The lowest BCUT2D eigenvalue weighted by molar-refractivity contribution is 1.02. The summed E-state index contributed by atoms with van der Waals surface area (Å²) in [5.74, 6) is 1.72. The summed E-state index contributed by atoms with van der Waals surface area (Å²) >= 11 is 1.76. The third-order valence-electron chi connectivity index (χ3n) is 3.61. The molecule has 0 spiro atoms. The van der Waals surface area contributed by atoms with Gasteiger partial charge in [-0.15, -0.1) is 11.8 Å². The van der Waals surface area contributed by atoms with Crippen LogP contribution in [0.3, 0.4) is 0 Å². The largest absolute Gasteiger partial charge is 0.233 e. The molecular weight excluding hydrogens is 300 g/mol. The smallest absolute Gasteiger partial charge is 0.160 e. The molecular formula is C20H20N2S. The Hall–Kier alpha value is -2.13. The van der Waals surface area contributed by atoms with Gasteiger partial charge in [0, 0.05) is 17.0 Å². The first kappa shape index (κ1) is 15.8. The Balaban J connectivity index is 1.81. The van der Waals surface area contributed by atoms with E-state index in [2.05, 4.69) is 73.4 Å². The quantitative estimate of drug-likeness (QED) is 0.478. The molecule has 0 amide bonds. The van der Waals surface area contributed by atoms with Gasteiger partial charge in [-0.1, -0.05) is 59.7 Å². The highest BCUT2D eigenvalue weighted by molar-refractivity contribution is 7.98. The van der Waals surface area contributed by atoms with Crippen molar-refractivity contribution in [1.29, 1.82) is 0 Å². The number of thioether (sulfide) groups is 1. The van der Waals surface area contributed by atoms with Gasteiger partial charge in [-0.2, -0.15) is 0 Å². The molecule has 0 saturated carbocycles. The van der Waals surface area contributed by atoms with Crippen molar-refractivity contribution in [1.82, 2.24) is 9.97 Å². The average molecular weight is 320 g/mol. The van der Waals surface area contributed by atoms with Gasteiger partial charge in [-0.3, -0.25) is 0 Å². The molecule has 0 saturated heterocycles. The molecule has 116 valence electrons. The van der Waals surface area contributed by atoms with Gasteiger partial charge in [-0.05, 0) is 32.4 Å². The summed E-state index contributed by atoms with van der Waals surface area (Å²) in [5.41, 5.74) is 5.93. The standard InChI is InChI=1S/C20H20N2S/c1-14-7-9-18(10-8-14)20-21-16(3)12-19(22-20)23-13-17-6-4-5-15(2)11-17/h4-12H,13H2,1-3H3. The van der Waals surface area contributed by atoms with Crippen molar-refractivity contribution in [3.05, 3.63) is 77.0 Å². The van der Waals surface area contributed by atoms with Crippen LogP contribution in [0, 0.1) is 20.8 Å². The molecule has 0 atom stereocenters. The molecule has 0 unspecified atom stereocenters. The maximum Gasteiger partial charge on any atom is 0.160 e. The average Bonchev–Trinajstić information content (AvgIpc) is 2.53. The molecule has 1 aromatic heterocycles. The molecule has 3 rings (SSSR count). The predicted molar refractivity (Wildman–Crippen MR) is 97.7 cm³/mol. The minimum atomic E-state index is 0.803. The Morgan fingerprint density at radius 1 is 0.826 bits per heavy atom. The van der Waals surface area contributed by atoms with E-state index in [4.69, 9.17) is 4.98 Å². The highest BCUT2D eigenvalue weighted by Gasteiger charge is 2.06. The Labute approximate surface area is 142 Å².